The summed E-state index contributed by atoms with van der Waals surface area (Å²) in [5, 5.41) is 12.0. The van der Waals surface area contributed by atoms with E-state index in [0.29, 0.717) is 11.8 Å². The predicted molar refractivity (Wildman–Crippen MR) is 78.5 cm³/mol. The molecule has 2 amide bonds. The molecule has 3 atom stereocenters. The van der Waals surface area contributed by atoms with Crippen molar-refractivity contribution in [2.75, 3.05) is 13.6 Å². The quantitative estimate of drug-likeness (QED) is 0.815. The van der Waals surface area contributed by atoms with Crippen LogP contribution in [0.5, 0.6) is 0 Å². The highest BCUT2D eigenvalue weighted by Crippen LogP contribution is 2.30. The van der Waals surface area contributed by atoms with E-state index in [1.54, 1.807) is 14.0 Å². The second-order valence-corrected chi connectivity index (χ2v) is 6.37. The average molecular weight is 284 g/mol. The standard InChI is InChI=1S/C15H28N2O3/c1-10(2)12-7-5-6-8-13(12)16-15(20)17(4)9-11(3)14(18)19/h10-13H,5-9H2,1-4H3,(H,16,20)(H,18,19). The van der Waals surface area contributed by atoms with Crippen molar-refractivity contribution in [1.29, 1.82) is 0 Å². The Kier molecular flexibility index (Phi) is 6.30. The Bertz CT molecular complexity index is 344. The van der Waals surface area contributed by atoms with E-state index in [-0.39, 0.29) is 18.6 Å². The largest absolute Gasteiger partial charge is 0.481 e. The zero-order valence-corrected chi connectivity index (χ0v) is 13.1. The maximum Gasteiger partial charge on any atom is 0.317 e. The first-order chi connectivity index (χ1) is 9.32. The molecule has 0 bridgehead atoms. The predicted octanol–water partition coefficient (Wildman–Crippen LogP) is 2.56. The summed E-state index contributed by atoms with van der Waals surface area (Å²) in [5.74, 6) is -0.331. The van der Waals surface area contributed by atoms with Crippen LogP contribution in [0.3, 0.4) is 0 Å². The average Bonchev–Trinajstić information content (AvgIpc) is 2.38. The first-order valence-corrected chi connectivity index (χ1v) is 7.57. The number of nitrogens with zero attached hydrogens (tertiary/aromatic N) is 1. The van der Waals surface area contributed by atoms with Crippen LogP contribution in [0.15, 0.2) is 0 Å². The van der Waals surface area contributed by atoms with E-state index in [4.69, 9.17) is 5.11 Å². The maximum absolute atomic E-state index is 12.2. The van der Waals surface area contributed by atoms with Gasteiger partial charge in [-0.05, 0) is 24.7 Å². The van der Waals surface area contributed by atoms with Gasteiger partial charge in [0.1, 0.15) is 0 Å². The number of amides is 2. The number of rotatable bonds is 5. The minimum Gasteiger partial charge on any atom is -0.481 e. The molecule has 5 nitrogen and oxygen atoms in total. The molecule has 0 aromatic carbocycles. The number of carboxylic acids is 1. The summed E-state index contributed by atoms with van der Waals surface area (Å²) >= 11 is 0. The fraction of sp³-hybridized carbons (Fsp3) is 0.867. The van der Waals surface area contributed by atoms with Crippen LogP contribution in [-0.2, 0) is 4.79 Å². The molecule has 0 radical (unpaired) electrons. The molecule has 5 heteroatoms. The SMILES string of the molecule is CC(CN(C)C(=O)NC1CCCCC1C(C)C)C(=O)O. The van der Waals surface area contributed by atoms with Gasteiger partial charge < -0.3 is 15.3 Å². The smallest absolute Gasteiger partial charge is 0.317 e. The van der Waals surface area contributed by atoms with E-state index in [1.807, 2.05) is 0 Å². The lowest BCUT2D eigenvalue weighted by Gasteiger charge is -2.36. The van der Waals surface area contributed by atoms with Gasteiger partial charge in [-0.1, -0.05) is 33.6 Å². The Balaban J connectivity index is 2.53. The van der Waals surface area contributed by atoms with Crippen LogP contribution >= 0.6 is 0 Å². The molecule has 0 aliphatic heterocycles. The Hall–Kier alpha value is -1.26. The molecule has 116 valence electrons. The van der Waals surface area contributed by atoms with Crippen molar-refractivity contribution in [2.45, 2.75) is 52.5 Å². The number of urea groups is 1. The summed E-state index contributed by atoms with van der Waals surface area (Å²) in [6.07, 6.45) is 4.58. The first kappa shape index (κ1) is 16.8. The van der Waals surface area contributed by atoms with Crippen molar-refractivity contribution < 1.29 is 14.7 Å². The van der Waals surface area contributed by atoms with Gasteiger partial charge in [0, 0.05) is 19.6 Å². The van der Waals surface area contributed by atoms with Crippen molar-refractivity contribution in [1.82, 2.24) is 10.2 Å². The first-order valence-electron chi connectivity index (χ1n) is 7.57. The van der Waals surface area contributed by atoms with Gasteiger partial charge in [0.05, 0.1) is 5.92 Å². The highest BCUT2D eigenvalue weighted by molar-refractivity contribution is 5.76. The summed E-state index contributed by atoms with van der Waals surface area (Å²) in [7, 11) is 1.65. The number of carboxylic acid groups (broad SMARTS) is 1. The van der Waals surface area contributed by atoms with Crippen molar-refractivity contribution in [3.63, 3.8) is 0 Å². The molecular formula is C15H28N2O3. The number of carbonyl (C=O) groups excluding carboxylic acids is 1. The van der Waals surface area contributed by atoms with Gasteiger partial charge in [-0.2, -0.15) is 0 Å². The van der Waals surface area contributed by atoms with E-state index in [9.17, 15) is 9.59 Å². The topological polar surface area (TPSA) is 69.6 Å². The summed E-state index contributed by atoms with van der Waals surface area (Å²) in [6, 6.07) is 0.0643. The van der Waals surface area contributed by atoms with Gasteiger partial charge in [0.2, 0.25) is 0 Å². The molecule has 0 aromatic rings. The van der Waals surface area contributed by atoms with Crippen LogP contribution in [-0.4, -0.2) is 41.6 Å². The van der Waals surface area contributed by atoms with Crippen molar-refractivity contribution in [3.8, 4) is 0 Å². The van der Waals surface area contributed by atoms with Gasteiger partial charge in [-0.3, -0.25) is 4.79 Å². The van der Waals surface area contributed by atoms with Crippen LogP contribution in [0.25, 0.3) is 0 Å². The molecule has 1 aliphatic carbocycles. The lowest BCUT2D eigenvalue weighted by molar-refractivity contribution is -0.141. The van der Waals surface area contributed by atoms with Crippen LogP contribution in [0.1, 0.15) is 46.5 Å². The second kappa shape index (κ2) is 7.50. The fourth-order valence-corrected chi connectivity index (χ4v) is 2.98. The Labute approximate surface area is 121 Å². The molecular weight excluding hydrogens is 256 g/mol. The lowest BCUT2D eigenvalue weighted by Crippen LogP contribution is -2.49. The maximum atomic E-state index is 12.2. The molecule has 1 aliphatic rings. The van der Waals surface area contributed by atoms with Crippen LogP contribution in [0.4, 0.5) is 4.79 Å². The van der Waals surface area contributed by atoms with E-state index in [0.717, 1.165) is 19.3 Å². The zero-order chi connectivity index (χ0) is 15.3. The Morgan fingerprint density at radius 3 is 2.40 bits per heavy atom. The minimum absolute atomic E-state index is 0.157. The minimum atomic E-state index is -0.873. The Morgan fingerprint density at radius 2 is 1.85 bits per heavy atom. The van der Waals surface area contributed by atoms with Crippen molar-refractivity contribution in [2.24, 2.45) is 17.8 Å². The number of hydrogen-bond acceptors (Lipinski definition) is 2. The molecule has 1 rings (SSSR count). The van der Waals surface area contributed by atoms with Crippen LogP contribution in [0, 0.1) is 17.8 Å². The van der Waals surface area contributed by atoms with Crippen LogP contribution < -0.4 is 5.32 Å². The van der Waals surface area contributed by atoms with E-state index in [2.05, 4.69) is 19.2 Å². The van der Waals surface area contributed by atoms with E-state index >= 15 is 0 Å². The second-order valence-electron chi connectivity index (χ2n) is 6.37. The number of hydrogen-bond donors (Lipinski definition) is 2. The highest BCUT2D eigenvalue weighted by Gasteiger charge is 2.29. The molecule has 0 aromatic heterocycles. The molecule has 2 N–H and O–H groups in total. The fourth-order valence-electron chi connectivity index (χ4n) is 2.98. The molecule has 1 saturated carbocycles. The van der Waals surface area contributed by atoms with Gasteiger partial charge in [-0.15, -0.1) is 0 Å². The van der Waals surface area contributed by atoms with Crippen LogP contribution in [0.2, 0.25) is 0 Å². The van der Waals surface area contributed by atoms with Crippen molar-refractivity contribution >= 4 is 12.0 Å². The number of aliphatic carboxylic acids is 1. The van der Waals surface area contributed by atoms with Gasteiger partial charge >= 0.3 is 12.0 Å². The van der Waals surface area contributed by atoms with E-state index < -0.39 is 11.9 Å². The highest BCUT2D eigenvalue weighted by atomic mass is 16.4. The van der Waals surface area contributed by atoms with E-state index in [1.165, 1.54) is 11.3 Å². The molecule has 1 fully saturated rings. The third kappa shape index (κ3) is 4.69. The molecule has 0 spiro atoms. The Morgan fingerprint density at radius 1 is 1.25 bits per heavy atom. The zero-order valence-electron chi connectivity index (χ0n) is 13.1. The summed E-state index contributed by atoms with van der Waals surface area (Å²) in [5.41, 5.74) is 0. The molecule has 0 heterocycles. The van der Waals surface area contributed by atoms with Crippen molar-refractivity contribution in [3.05, 3.63) is 0 Å². The molecule has 0 saturated heterocycles. The van der Waals surface area contributed by atoms with Gasteiger partial charge in [0.25, 0.3) is 0 Å². The van der Waals surface area contributed by atoms with Gasteiger partial charge in [-0.25, -0.2) is 4.79 Å². The number of carbonyl (C=O) groups is 2. The van der Waals surface area contributed by atoms with Gasteiger partial charge in [0.15, 0.2) is 0 Å². The monoisotopic (exact) mass is 284 g/mol. The summed E-state index contributed by atoms with van der Waals surface area (Å²) in [6.45, 7) is 6.25. The summed E-state index contributed by atoms with van der Waals surface area (Å²) < 4.78 is 0. The lowest BCUT2D eigenvalue weighted by atomic mass is 9.78. The third-order valence-electron chi connectivity index (χ3n) is 4.30. The molecule has 20 heavy (non-hydrogen) atoms. The number of nitrogens with one attached hydrogen (secondary N) is 1. The third-order valence-corrected chi connectivity index (χ3v) is 4.30. The molecule has 3 unspecified atom stereocenters. The normalized spacial score (nSPS) is 24.2. The summed E-state index contributed by atoms with van der Waals surface area (Å²) in [4.78, 5) is 24.5.